The molecule has 2 heterocycles. The molecule has 1 aliphatic rings. The number of rotatable bonds is 8. The second kappa shape index (κ2) is 11.6. The average Bonchev–Trinajstić information content (AvgIpc) is 3.16. The van der Waals surface area contributed by atoms with E-state index in [1.165, 1.54) is 0 Å². The lowest BCUT2D eigenvalue weighted by Crippen LogP contribution is -2.56. The van der Waals surface area contributed by atoms with Crippen LogP contribution in [0.1, 0.15) is 95.9 Å². The number of amides is 1. The van der Waals surface area contributed by atoms with Crippen LogP contribution >= 0.6 is 0 Å². The van der Waals surface area contributed by atoms with Crippen LogP contribution in [0.2, 0.25) is 0 Å². The lowest BCUT2D eigenvalue weighted by molar-refractivity contribution is -0.168. The lowest BCUT2D eigenvalue weighted by Gasteiger charge is -2.41. The number of nitrogens with zero attached hydrogens (tertiary/aromatic N) is 3. The first-order valence-electron chi connectivity index (χ1n) is 13.6. The molecule has 1 aromatic carbocycles. The molecule has 1 aliphatic heterocycles. The molecule has 0 bridgehead atoms. The van der Waals surface area contributed by atoms with Gasteiger partial charge in [0, 0.05) is 31.0 Å². The van der Waals surface area contributed by atoms with Crippen molar-refractivity contribution in [3.05, 3.63) is 53.6 Å². The van der Waals surface area contributed by atoms with E-state index in [0.717, 1.165) is 5.56 Å². The minimum Gasteiger partial charge on any atom is -0.496 e. The number of likely N-dealkylation sites (tertiary alicyclic amines) is 1. The zero-order valence-corrected chi connectivity index (χ0v) is 25.2. The van der Waals surface area contributed by atoms with Crippen LogP contribution in [0.15, 0.2) is 36.8 Å². The Hall–Kier alpha value is -3.00. The van der Waals surface area contributed by atoms with Crippen LogP contribution < -0.4 is 4.74 Å². The summed E-state index contributed by atoms with van der Waals surface area (Å²) in [7, 11) is 3.24. The van der Waals surface area contributed by atoms with Crippen LogP contribution in [0.4, 0.5) is 0 Å². The summed E-state index contributed by atoms with van der Waals surface area (Å²) in [6.07, 6.45) is 5.69. The smallest absolute Gasteiger partial charge is 0.332 e. The van der Waals surface area contributed by atoms with Crippen molar-refractivity contribution in [1.29, 1.82) is 0 Å². The molecule has 1 aromatic heterocycles. The fraction of sp³-hybridized carbons (Fsp3) is 0.613. The third kappa shape index (κ3) is 6.60. The number of carbonyl (C=O) groups is 2. The van der Waals surface area contributed by atoms with Gasteiger partial charge in [0.05, 0.1) is 31.6 Å². The Morgan fingerprint density at radius 2 is 1.79 bits per heavy atom. The number of ether oxygens (including phenoxy) is 3. The van der Waals surface area contributed by atoms with E-state index in [4.69, 9.17) is 14.2 Å². The van der Waals surface area contributed by atoms with E-state index < -0.39 is 23.2 Å². The molecule has 0 unspecified atom stereocenters. The Morgan fingerprint density at radius 1 is 1.10 bits per heavy atom. The Labute approximate surface area is 233 Å². The van der Waals surface area contributed by atoms with Crippen molar-refractivity contribution in [3.63, 3.8) is 0 Å². The van der Waals surface area contributed by atoms with E-state index in [2.05, 4.69) is 44.6 Å². The van der Waals surface area contributed by atoms with Gasteiger partial charge in [-0.2, -0.15) is 0 Å². The van der Waals surface area contributed by atoms with Gasteiger partial charge >= 0.3 is 5.97 Å². The monoisotopic (exact) mass is 539 g/mol. The second-order valence-electron chi connectivity index (χ2n) is 13.0. The maximum Gasteiger partial charge on any atom is 0.332 e. The topological polar surface area (TPSA) is 90.9 Å². The van der Waals surface area contributed by atoms with E-state index in [9.17, 15) is 9.59 Å². The van der Waals surface area contributed by atoms with Gasteiger partial charge in [0.1, 0.15) is 16.9 Å². The van der Waals surface area contributed by atoms with Gasteiger partial charge in [-0.05, 0) is 62.6 Å². The average molecular weight is 540 g/mol. The van der Waals surface area contributed by atoms with Gasteiger partial charge in [-0.25, -0.2) is 4.79 Å². The van der Waals surface area contributed by atoms with Crippen LogP contribution in [0.25, 0.3) is 0 Å². The normalized spacial score (nSPS) is 21.8. The molecule has 0 saturated carbocycles. The predicted molar refractivity (Wildman–Crippen MR) is 151 cm³/mol. The fourth-order valence-electron chi connectivity index (χ4n) is 5.72. The van der Waals surface area contributed by atoms with E-state index >= 15 is 0 Å². The number of hydrogen-bond donors (Lipinski definition) is 0. The summed E-state index contributed by atoms with van der Waals surface area (Å²) in [6, 6.07) is 4.99. The third-order valence-electron chi connectivity index (χ3n) is 7.05. The summed E-state index contributed by atoms with van der Waals surface area (Å²) in [5.74, 6) is -0.159. The molecule has 0 spiro atoms. The molecular formula is C31H45N3O5. The van der Waals surface area contributed by atoms with Gasteiger partial charge in [0.15, 0.2) is 0 Å². The Morgan fingerprint density at radius 3 is 2.31 bits per heavy atom. The van der Waals surface area contributed by atoms with Crippen LogP contribution in [-0.2, 0) is 19.7 Å². The Kier molecular flexibility index (Phi) is 9.10. The first-order chi connectivity index (χ1) is 18.1. The highest BCUT2D eigenvalue weighted by atomic mass is 16.6. The molecule has 8 nitrogen and oxygen atoms in total. The van der Waals surface area contributed by atoms with Crippen molar-refractivity contribution < 1.29 is 23.8 Å². The molecule has 1 fully saturated rings. The molecule has 214 valence electrons. The largest absolute Gasteiger partial charge is 0.496 e. The molecule has 39 heavy (non-hydrogen) atoms. The molecule has 0 radical (unpaired) electrons. The molecule has 3 atom stereocenters. The molecule has 1 saturated heterocycles. The fourth-order valence-corrected chi connectivity index (χ4v) is 5.72. The molecular weight excluding hydrogens is 494 g/mol. The summed E-state index contributed by atoms with van der Waals surface area (Å²) in [5, 5.41) is 0. The van der Waals surface area contributed by atoms with Crippen molar-refractivity contribution in [2.75, 3.05) is 20.8 Å². The van der Waals surface area contributed by atoms with Crippen molar-refractivity contribution >= 4 is 11.9 Å². The lowest BCUT2D eigenvalue weighted by atomic mass is 9.83. The van der Waals surface area contributed by atoms with E-state index in [1.807, 2.05) is 32.9 Å². The highest BCUT2D eigenvalue weighted by Gasteiger charge is 2.60. The summed E-state index contributed by atoms with van der Waals surface area (Å²) in [5.41, 5.74) is -0.0890. The quantitative estimate of drug-likeness (QED) is 0.394. The zero-order chi connectivity index (χ0) is 29.2. The van der Waals surface area contributed by atoms with Crippen LogP contribution in [0, 0.1) is 11.8 Å². The zero-order valence-electron chi connectivity index (χ0n) is 25.2. The summed E-state index contributed by atoms with van der Waals surface area (Å²) in [6.45, 7) is 16.3. The molecule has 8 heteroatoms. The van der Waals surface area contributed by atoms with Crippen LogP contribution in [0.3, 0.4) is 0 Å². The van der Waals surface area contributed by atoms with E-state index in [-0.39, 0.29) is 23.2 Å². The Bertz CT molecular complexity index is 1150. The van der Waals surface area contributed by atoms with Gasteiger partial charge in [-0.1, -0.05) is 40.7 Å². The summed E-state index contributed by atoms with van der Waals surface area (Å²) in [4.78, 5) is 39.4. The molecule has 0 aliphatic carbocycles. The minimum atomic E-state index is -1.22. The maximum atomic E-state index is 14.7. The molecule has 1 amide bonds. The van der Waals surface area contributed by atoms with Gasteiger partial charge in [-0.15, -0.1) is 0 Å². The standard InChI is InChI=1S/C31H45N3O5/c1-20(2)16-31(28(36)39-30(6,7)8)17-22(19-37-9)26(24-18-32-13-14-33-24)34(31)27(35)21-11-12-23(29(3,4)5)25(15-21)38-10/h11-15,18,20,22,26H,16-17,19H2,1-10H3/t22-,26+,31-/m0/s1. The highest BCUT2D eigenvalue weighted by Crippen LogP contribution is 2.51. The van der Waals surface area contributed by atoms with Gasteiger partial charge < -0.3 is 19.1 Å². The highest BCUT2D eigenvalue weighted by molar-refractivity contribution is 5.99. The first-order valence-corrected chi connectivity index (χ1v) is 13.6. The number of esters is 1. The molecule has 2 aromatic rings. The number of carbonyl (C=O) groups excluding carboxylic acids is 2. The SMILES string of the molecule is COC[C@@H]1C[C@@](CC(C)C)(C(=O)OC(C)(C)C)N(C(=O)c2ccc(C(C)(C)C)c(OC)c2)[C@H]1c1cnccn1. The number of aromatic nitrogens is 2. The first kappa shape index (κ1) is 30.5. The Balaban J connectivity index is 2.28. The maximum absolute atomic E-state index is 14.7. The van der Waals surface area contributed by atoms with Crippen LogP contribution in [0.5, 0.6) is 5.75 Å². The van der Waals surface area contributed by atoms with Crippen molar-refractivity contribution in [2.24, 2.45) is 11.8 Å². The van der Waals surface area contributed by atoms with Gasteiger partial charge in [0.2, 0.25) is 0 Å². The second-order valence-corrected chi connectivity index (χ2v) is 13.0. The van der Waals surface area contributed by atoms with Gasteiger partial charge in [-0.3, -0.25) is 14.8 Å². The minimum absolute atomic E-state index is 0.106. The van der Waals surface area contributed by atoms with Gasteiger partial charge in [0.25, 0.3) is 5.91 Å². The van der Waals surface area contributed by atoms with E-state index in [1.54, 1.807) is 43.8 Å². The van der Waals surface area contributed by atoms with Crippen molar-refractivity contribution in [1.82, 2.24) is 14.9 Å². The number of methoxy groups -OCH3 is 2. The summed E-state index contributed by atoms with van der Waals surface area (Å²) < 4.78 is 17.4. The molecule has 0 N–H and O–H groups in total. The van der Waals surface area contributed by atoms with Crippen LogP contribution in [-0.4, -0.2) is 58.7 Å². The molecule has 3 rings (SSSR count). The number of hydrogen-bond acceptors (Lipinski definition) is 7. The predicted octanol–water partition coefficient (Wildman–Crippen LogP) is 5.76. The van der Waals surface area contributed by atoms with Crippen molar-refractivity contribution in [2.45, 2.75) is 90.8 Å². The van der Waals surface area contributed by atoms with E-state index in [0.29, 0.717) is 36.5 Å². The van der Waals surface area contributed by atoms with Crippen molar-refractivity contribution in [3.8, 4) is 5.75 Å². The third-order valence-corrected chi connectivity index (χ3v) is 7.05. The number of benzene rings is 1. The summed E-state index contributed by atoms with van der Waals surface area (Å²) >= 11 is 0.